The zero-order valence-corrected chi connectivity index (χ0v) is 13.2. The average molecular weight is 317 g/mol. The van der Waals surface area contributed by atoms with Gasteiger partial charge < -0.3 is 9.47 Å². The Balaban J connectivity index is 1.44. The first-order valence-corrected chi connectivity index (χ1v) is 8.50. The molecule has 2 fully saturated rings. The number of pyridine rings is 1. The Labute approximate surface area is 133 Å². The van der Waals surface area contributed by atoms with Crippen LogP contribution in [0.15, 0.2) is 30.7 Å². The summed E-state index contributed by atoms with van der Waals surface area (Å²) < 4.78 is 11.7. The molecule has 5 nitrogen and oxygen atoms in total. The van der Waals surface area contributed by atoms with Gasteiger partial charge in [-0.3, -0.25) is 9.88 Å². The average Bonchev–Trinajstić information content (AvgIpc) is 3.19. The third kappa shape index (κ3) is 2.92. The largest absolute Gasteiger partial charge is 0.346 e. The normalized spacial score (nSPS) is 21.5. The fourth-order valence-corrected chi connectivity index (χ4v) is 4.11. The van der Waals surface area contributed by atoms with Crippen molar-refractivity contribution in [3.05, 3.63) is 35.6 Å². The first-order valence-electron chi connectivity index (χ1n) is 7.68. The number of hydrogen-bond acceptors (Lipinski definition) is 6. The van der Waals surface area contributed by atoms with Gasteiger partial charge in [-0.05, 0) is 25.1 Å². The van der Waals surface area contributed by atoms with E-state index in [2.05, 4.69) is 14.9 Å². The van der Waals surface area contributed by atoms with Crippen LogP contribution in [0.5, 0.6) is 0 Å². The zero-order valence-electron chi connectivity index (χ0n) is 12.4. The molecular formula is C16H19N3O2S. The van der Waals surface area contributed by atoms with Gasteiger partial charge in [0.25, 0.3) is 0 Å². The maximum Gasteiger partial charge on any atom is 0.181 e. The van der Waals surface area contributed by atoms with Crippen molar-refractivity contribution in [2.45, 2.75) is 25.2 Å². The molecule has 0 bridgehead atoms. The van der Waals surface area contributed by atoms with Crippen molar-refractivity contribution in [1.82, 2.24) is 14.9 Å². The van der Waals surface area contributed by atoms with E-state index >= 15 is 0 Å². The summed E-state index contributed by atoms with van der Waals surface area (Å²) in [4.78, 5) is 12.4. The van der Waals surface area contributed by atoms with E-state index in [9.17, 15) is 0 Å². The van der Waals surface area contributed by atoms with Crippen molar-refractivity contribution in [3.63, 3.8) is 0 Å². The Morgan fingerprint density at radius 2 is 2.18 bits per heavy atom. The highest BCUT2D eigenvalue weighted by Crippen LogP contribution is 2.32. The van der Waals surface area contributed by atoms with Gasteiger partial charge in [0.1, 0.15) is 5.01 Å². The van der Waals surface area contributed by atoms with Crippen LogP contribution in [-0.4, -0.2) is 47.0 Å². The van der Waals surface area contributed by atoms with Gasteiger partial charge in [0.15, 0.2) is 5.79 Å². The predicted octanol–water partition coefficient (Wildman–Crippen LogP) is 2.54. The number of hydrogen-bond donors (Lipinski definition) is 0. The van der Waals surface area contributed by atoms with E-state index in [1.165, 1.54) is 4.88 Å². The second kappa shape index (κ2) is 6.04. The van der Waals surface area contributed by atoms with Gasteiger partial charge in [-0.25, -0.2) is 4.98 Å². The van der Waals surface area contributed by atoms with E-state index in [0.29, 0.717) is 0 Å². The highest BCUT2D eigenvalue weighted by Gasteiger charge is 2.40. The van der Waals surface area contributed by atoms with Crippen molar-refractivity contribution in [1.29, 1.82) is 0 Å². The summed E-state index contributed by atoms with van der Waals surface area (Å²) in [5, 5.41) is 1.03. The summed E-state index contributed by atoms with van der Waals surface area (Å²) in [5.74, 6) is -0.352. The molecule has 0 unspecified atom stereocenters. The molecule has 2 aromatic heterocycles. The highest BCUT2D eigenvalue weighted by molar-refractivity contribution is 7.15. The second-order valence-corrected chi connectivity index (χ2v) is 6.91. The first-order chi connectivity index (χ1) is 10.8. The maximum atomic E-state index is 5.84. The third-order valence-corrected chi connectivity index (χ3v) is 5.18. The van der Waals surface area contributed by atoms with Gasteiger partial charge in [-0.2, -0.15) is 0 Å². The lowest BCUT2D eigenvalue weighted by Gasteiger charge is -2.38. The van der Waals surface area contributed by atoms with Crippen LogP contribution in [0.4, 0.5) is 0 Å². The Bertz CT molecular complexity index is 625. The zero-order chi connectivity index (χ0) is 14.8. The summed E-state index contributed by atoms with van der Waals surface area (Å²) in [7, 11) is 0. The third-order valence-electron chi connectivity index (χ3n) is 4.15. The SMILES string of the molecule is c1cncc(-c2ncc(CN3CCCC4(C3)OCCO4)s2)c1. The summed E-state index contributed by atoms with van der Waals surface area (Å²) in [6.07, 6.45) is 7.75. The number of likely N-dealkylation sites (tertiary alicyclic amines) is 1. The molecule has 0 radical (unpaired) electrons. The Morgan fingerprint density at radius 1 is 1.27 bits per heavy atom. The van der Waals surface area contributed by atoms with Crippen LogP contribution in [0.1, 0.15) is 17.7 Å². The van der Waals surface area contributed by atoms with E-state index in [1.807, 2.05) is 24.5 Å². The maximum absolute atomic E-state index is 5.84. The summed E-state index contributed by atoms with van der Waals surface area (Å²) in [6, 6.07) is 3.99. The summed E-state index contributed by atoms with van der Waals surface area (Å²) in [5.41, 5.74) is 1.08. The van der Waals surface area contributed by atoms with Gasteiger partial charge >= 0.3 is 0 Å². The molecule has 0 N–H and O–H groups in total. The van der Waals surface area contributed by atoms with Crippen LogP contribution in [0.3, 0.4) is 0 Å². The molecule has 2 aliphatic heterocycles. The minimum atomic E-state index is -0.352. The van der Waals surface area contributed by atoms with Gasteiger partial charge in [-0.1, -0.05) is 0 Å². The summed E-state index contributed by atoms with van der Waals surface area (Å²) >= 11 is 1.74. The van der Waals surface area contributed by atoms with Crippen molar-refractivity contribution >= 4 is 11.3 Å². The molecule has 4 rings (SSSR count). The lowest BCUT2D eigenvalue weighted by Crippen LogP contribution is -2.48. The molecule has 0 aromatic carbocycles. The molecule has 0 aliphatic carbocycles. The molecule has 0 saturated carbocycles. The van der Waals surface area contributed by atoms with Crippen LogP contribution in [0, 0.1) is 0 Å². The van der Waals surface area contributed by atoms with Crippen LogP contribution < -0.4 is 0 Å². The lowest BCUT2D eigenvalue weighted by molar-refractivity contribution is -0.190. The standard InChI is InChI=1S/C16H19N3O2S/c1-3-13(9-17-5-1)15-18-10-14(22-15)11-19-6-2-4-16(12-19)20-7-8-21-16/h1,3,5,9-10H,2,4,6-8,11-12H2. The van der Waals surface area contributed by atoms with Crippen molar-refractivity contribution < 1.29 is 9.47 Å². The smallest absolute Gasteiger partial charge is 0.181 e. The van der Waals surface area contributed by atoms with E-state index < -0.39 is 0 Å². The predicted molar refractivity (Wildman–Crippen MR) is 84.5 cm³/mol. The van der Waals surface area contributed by atoms with Crippen molar-refractivity contribution in [2.75, 3.05) is 26.3 Å². The molecule has 0 amide bonds. The molecule has 116 valence electrons. The molecule has 22 heavy (non-hydrogen) atoms. The number of nitrogens with zero attached hydrogens (tertiary/aromatic N) is 3. The molecule has 1 spiro atoms. The van der Waals surface area contributed by atoms with Gasteiger partial charge in [0, 0.05) is 42.0 Å². The van der Waals surface area contributed by atoms with E-state index in [1.54, 1.807) is 17.5 Å². The molecule has 2 aromatic rings. The number of aromatic nitrogens is 2. The Kier molecular flexibility index (Phi) is 3.92. The van der Waals surface area contributed by atoms with E-state index in [0.717, 1.165) is 56.3 Å². The van der Waals surface area contributed by atoms with Gasteiger partial charge in [0.2, 0.25) is 0 Å². The topological polar surface area (TPSA) is 47.5 Å². The van der Waals surface area contributed by atoms with Crippen molar-refractivity contribution in [3.8, 4) is 10.6 Å². The molecule has 0 atom stereocenters. The molecular weight excluding hydrogens is 298 g/mol. The number of thiazole rings is 1. The molecule has 4 heterocycles. The molecule has 6 heteroatoms. The Hall–Kier alpha value is -1.34. The summed E-state index contributed by atoms with van der Waals surface area (Å²) in [6.45, 7) is 4.30. The fourth-order valence-electron chi connectivity index (χ4n) is 3.16. The number of ether oxygens (including phenoxy) is 2. The highest BCUT2D eigenvalue weighted by atomic mass is 32.1. The molecule has 2 saturated heterocycles. The first kappa shape index (κ1) is 14.3. The monoisotopic (exact) mass is 317 g/mol. The minimum absolute atomic E-state index is 0.352. The van der Waals surface area contributed by atoms with Crippen LogP contribution >= 0.6 is 11.3 Å². The van der Waals surface area contributed by atoms with Crippen LogP contribution in [-0.2, 0) is 16.0 Å². The van der Waals surface area contributed by atoms with Gasteiger partial charge in [-0.15, -0.1) is 11.3 Å². The van der Waals surface area contributed by atoms with Crippen molar-refractivity contribution in [2.24, 2.45) is 0 Å². The minimum Gasteiger partial charge on any atom is -0.346 e. The number of piperidine rings is 1. The fraction of sp³-hybridized carbons (Fsp3) is 0.500. The number of rotatable bonds is 3. The lowest BCUT2D eigenvalue weighted by atomic mass is 10.0. The van der Waals surface area contributed by atoms with Gasteiger partial charge in [0.05, 0.1) is 19.8 Å². The molecule has 2 aliphatic rings. The van der Waals surface area contributed by atoms with E-state index in [4.69, 9.17) is 9.47 Å². The van der Waals surface area contributed by atoms with Crippen LogP contribution in [0.2, 0.25) is 0 Å². The van der Waals surface area contributed by atoms with Crippen LogP contribution in [0.25, 0.3) is 10.6 Å². The van der Waals surface area contributed by atoms with E-state index in [-0.39, 0.29) is 5.79 Å². The second-order valence-electron chi connectivity index (χ2n) is 5.80. The quantitative estimate of drug-likeness (QED) is 0.870. The Morgan fingerprint density at radius 3 is 3.00 bits per heavy atom.